The number of amides is 3. The van der Waals surface area contributed by atoms with Gasteiger partial charge in [-0.15, -0.1) is 0 Å². The molecule has 0 bridgehead atoms. The van der Waals surface area contributed by atoms with E-state index in [1.54, 1.807) is 34.1 Å². The quantitative estimate of drug-likeness (QED) is 0.902. The summed E-state index contributed by atoms with van der Waals surface area (Å²) in [5, 5.41) is 0. The summed E-state index contributed by atoms with van der Waals surface area (Å²) in [5.41, 5.74) is 6.16. The van der Waals surface area contributed by atoms with Crippen molar-refractivity contribution in [3.05, 3.63) is 35.4 Å². The van der Waals surface area contributed by atoms with E-state index in [-0.39, 0.29) is 17.9 Å². The highest BCUT2D eigenvalue weighted by molar-refractivity contribution is 5.97. The van der Waals surface area contributed by atoms with E-state index in [9.17, 15) is 14.4 Å². The number of carbonyl (C=O) groups excluding carboxylic acids is 3. The van der Waals surface area contributed by atoms with Crippen molar-refractivity contribution in [3.63, 3.8) is 0 Å². The first-order valence-electron chi connectivity index (χ1n) is 8.27. The van der Waals surface area contributed by atoms with Gasteiger partial charge in [0.2, 0.25) is 11.8 Å². The third-order valence-corrected chi connectivity index (χ3v) is 5.47. The van der Waals surface area contributed by atoms with Crippen LogP contribution in [-0.4, -0.2) is 54.2 Å². The molecule has 1 aliphatic heterocycles. The monoisotopic (exact) mass is 329 g/mol. The Bertz CT molecular complexity index is 671. The maximum absolute atomic E-state index is 12.7. The molecule has 1 saturated carbocycles. The van der Waals surface area contributed by atoms with E-state index in [1.165, 1.54) is 0 Å². The summed E-state index contributed by atoms with van der Waals surface area (Å²) in [6, 6.07) is 6.58. The topological polar surface area (TPSA) is 83.7 Å². The predicted molar refractivity (Wildman–Crippen MR) is 89.3 cm³/mol. The zero-order valence-corrected chi connectivity index (χ0v) is 14.1. The van der Waals surface area contributed by atoms with E-state index in [0.717, 1.165) is 19.4 Å². The number of benzene rings is 1. The lowest BCUT2D eigenvalue weighted by Crippen LogP contribution is -2.39. The van der Waals surface area contributed by atoms with Gasteiger partial charge in [0.15, 0.2) is 0 Å². The smallest absolute Gasteiger partial charge is 0.253 e. The highest BCUT2D eigenvalue weighted by Crippen LogP contribution is 2.40. The molecule has 0 radical (unpaired) electrons. The van der Waals surface area contributed by atoms with Crippen LogP contribution in [-0.2, 0) is 4.79 Å². The Morgan fingerprint density at radius 2 is 1.71 bits per heavy atom. The fourth-order valence-electron chi connectivity index (χ4n) is 3.95. The van der Waals surface area contributed by atoms with E-state index in [1.807, 2.05) is 14.1 Å². The van der Waals surface area contributed by atoms with Gasteiger partial charge in [0.05, 0.1) is 0 Å². The zero-order chi connectivity index (χ0) is 17.4. The molecule has 0 unspecified atom stereocenters. The van der Waals surface area contributed by atoms with Crippen molar-refractivity contribution < 1.29 is 14.4 Å². The van der Waals surface area contributed by atoms with Crippen molar-refractivity contribution in [2.45, 2.75) is 25.3 Å². The first-order valence-corrected chi connectivity index (χ1v) is 8.27. The van der Waals surface area contributed by atoms with Gasteiger partial charge in [0.1, 0.15) is 0 Å². The average Bonchev–Trinajstić information content (AvgIpc) is 2.96. The summed E-state index contributed by atoms with van der Waals surface area (Å²) in [7, 11) is 3.67. The lowest BCUT2D eigenvalue weighted by Gasteiger charge is -2.31. The van der Waals surface area contributed by atoms with E-state index in [0.29, 0.717) is 29.4 Å². The van der Waals surface area contributed by atoms with Crippen LogP contribution in [0.25, 0.3) is 0 Å². The molecule has 1 saturated heterocycles. The summed E-state index contributed by atoms with van der Waals surface area (Å²) in [4.78, 5) is 39.2. The molecule has 6 heteroatoms. The summed E-state index contributed by atoms with van der Waals surface area (Å²) < 4.78 is 0. The number of rotatable bonds is 3. The lowest BCUT2D eigenvalue weighted by molar-refractivity contribution is -0.134. The van der Waals surface area contributed by atoms with Crippen LogP contribution in [0.3, 0.4) is 0 Å². The molecule has 0 spiro atoms. The minimum atomic E-state index is -0.504. The van der Waals surface area contributed by atoms with Crippen LogP contribution in [0.15, 0.2) is 24.3 Å². The Balaban J connectivity index is 1.68. The van der Waals surface area contributed by atoms with Gasteiger partial charge in [0, 0.05) is 44.2 Å². The molecule has 1 aromatic carbocycles. The van der Waals surface area contributed by atoms with Gasteiger partial charge in [-0.05, 0) is 48.9 Å². The van der Waals surface area contributed by atoms with Crippen molar-refractivity contribution in [2.75, 3.05) is 20.6 Å². The molecule has 3 amide bonds. The number of hydrogen-bond acceptors (Lipinski definition) is 3. The number of likely N-dealkylation sites (tertiary alicyclic amines) is 1. The van der Waals surface area contributed by atoms with Crippen molar-refractivity contribution in [1.82, 2.24) is 9.80 Å². The van der Waals surface area contributed by atoms with Gasteiger partial charge < -0.3 is 15.5 Å². The van der Waals surface area contributed by atoms with Gasteiger partial charge in [0.25, 0.3) is 5.91 Å². The van der Waals surface area contributed by atoms with E-state index < -0.39 is 5.91 Å². The third-order valence-electron chi connectivity index (χ3n) is 5.47. The van der Waals surface area contributed by atoms with Crippen LogP contribution in [0.4, 0.5) is 0 Å². The molecular weight excluding hydrogens is 306 g/mol. The zero-order valence-electron chi connectivity index (χ0n) is 14.1. The molecule has 1 heterocycles. The van der Waals surface area contributed by atoms with Gasteiger partial charge in [-0.1, -0.05) is 0 Å². The third kappa shape index (κ3) is 3.00. The number of hydrogen-bond donors (Lipinski definition) is 1. The molecule has 1 aliphatic carbocycles. The standard InChI is InChI=1S/C18H23N3O3/c1-20-10-14-8-15(7-13(14)9-16(20)22)21(2)18(24)12-5-3-11(4-6-12)17(19)23/h3-6,13-15H,7-10H2,1-2H3,(H2,19,23)/t13-,14+,15-/m1/s1. The summed E-state index contributed by atoms with van der Waals surface area (Å²) in [6.45, 7) is 0.787. The Morgan fingerprint density at radius 3 is 2.33 bits per heavy atom. The number of primary amides is 1. The largest absolute Gasteiger partial charge is 0.366 e. The van der Waals surface area contributed by atoms with Crippen molar-refractivity contribution in [1.29, 1.82) is 0 Å². The fourth-order valence-corrected chi connectivity index (χ4v) is 3.95. The maximum Gasteiger partial charge on any atom is 0.253 e. The minimum absolute atomic E-state index is 0.0608. The maximum atomic E-state index is 12.7. The van der Waals surface area contributed by atoms with Crippen molar-refractivity contribution in [3.8, 4) is 0 Å². The van der Waals surface area contributed by atoms with Crippen LogP contribution in [0.5, 0.6) is 0 Å². The molecule has 1 aromatic rings. The Labute approximate surface area is 141 Å². The highest BCUT2D eigenvalue weighted by Gasteiger charge is 2.42. The minimum Gasteiger partial charge on any atom is -0.366 e. The Morgan fingerprint density at radius 1 is 1.12 bits per heavy atom. The second kappa shape index (κ2) is 6.26. The Hall–Kier alpha value is -2.37. The van der Waals surface area contributed by atoms with Crippen molar-refractivity contribution >= 4 is 17.7 Å². The van der Waals surface area contributed by atoms with Gasteiger partial charge in [-0.25, -0.2) is 0 Å². The van der Waals surface area contributed by atoms with E-state index in [2.05, 4.69) is 0 Å². The molecule has 2 N–H and O–H groups in total. The highest BCUT2D eigenvalue weighted by atomic mass is 16.2. The van der Waals surface area contributed by atoms with Gasteiger partial charge in [-0.2, -0.15) is 0 Å². The molecule has 6 nitrogen and oxygen atoms in total. The molecule has 2 aliphatic rings. The van der Waals surface area contributed by atoms with Crippen molar-refractivity contribution in [2.24, 2.45) is 17.6 Å². The lowest BCUT2D eigenvalue weighted by atomic mass is 9.88. The second-order valence-electron chi connectivity index (χ2n) is 6.98. The number of fused-ring (bicyclic) bond motifs is 1. The number of nitrogens with zero attached hydrogens (tertiary/aromatic N) is 2. The van der Waals surface area contributed by atoms with Crippen LogP contribution in [0.2, 0.25) is 0 Å². The molecule has 3 rings (SSSR count). The summed E-state index contributed by atoms with van der Waals surface area (Å²) >= 11 is 0. The predicted octanol–water partition coefficient (Wildman–Crippen LogP) is 1.11. The SMILES string of the molecule is CN1C[C@@H]2C[C@H](N(C)C(=O)c3ccc(C(N)=O)cc3)C[C@@H]2CC1=O. The van der Waals surface area contributed by atoms with Crippen LogP contribution in [0, 0.1) is 11.8 Å². The number of carbonyl (C=O) groups is 3. The van der Waals surface area contributed by atoms with Gasteiger partial charge in [-0.3, -0.25) is 14.4 Å². The number of nitrogens with two attached hydrogens (primary N) is 1. The number of piperidine rings is 1. The Kier molecular flexibility index (Phi) is 4.30. The molecule has 128 valence electrons. The first-order chi connectivity index (χ1) is 11.4. The summed E-state index contributed by atoms with van der Waals surface area (Å²) in [6.07, 6.45) is 2.41. The average molecular weight is 329 g/mol. The van der Waals surface area contributed by atoms with E-state index >= 15 is 0 Å². The second-order valence-corrected chi connectivity index (χ2v) is 6.98. The summed E-state index contributed by atoms with van der Waals surface area (Å²) in [5.74, 6) is 0.495. The molecule has 2 fully saturated rings. The van der Waals surface area contributed by atoms with Crippen LogP contribution >= 0.6 is 0 Å². The normalized spacial score (nSPS) is 26.2. The molecule has 24 heavy (non-hydrogen) atoms. The molecule has 0 aromatic heterocycles. The van der Waals surface area contributed by atoms with E-state index in [4.69, 9.17) is 5.73 Å². The molecular formula is C18H23N3O3. The van der Waals surface area contributed by atoms with Crippen LogP contribution in [0.1, 0.15) is 40.0 Å². The van der Waals surface area contributed by atoms with Crippen LogP contribution < -0.4 is 5.73 Å². The fraction of sp³-hybridized carbons (Fsp3) is 0.500. The van der Waals surface area contributed by atoms with Gasteiger partial charge >= 0.3 is 0 Å². The first kappa shape index (κ1) is 16.5. The molecule has 3 atom stereocenters.